The van der Waals surface area contributed by atoms with Gasteiger partial charge in [0.05, 0.1) is 19.7 Å². The molecule has 1 fully saturated rings. The quantitative estimate of drug-likeness (QED) is 0.849. The highest BCUT2D eigenvalue weighted by Crippen LogP contribution is 2.41. The highest BCUT2D eigenvalue weighted by molar-refractivity contribution is 5.81. The third kappa shape index (κ3) is 4.07. The lowest BCUT2D eigenvalue weighted by Crippen LogP contribution is -2.38. The second-order valence-electron chi connectivity index (χ2n) is 6.35. The van der Waals surface area contributed by atoms with Crippen molar-refractivity contribution < 1.29 is 9.53 Å². The van der Waals surface area contributed by atoms with Gasteiger partial charge in [-0.05, 0) is 48.6 Å². The maximum Gasteiger partial charge on any atom is 0.239 e. The number of carbonyl (C=O) groups excluding carboxylic acids is 1. The van der Waals surface area contributed by atoms with Gasteiger partial charge in [-0.1, -0.05) is 30.3 Å². The van der Waals surface area contributed by atoms with Crippen molar-refractivity contribution in [1.82, 2.24) is 5.32 Å². The highest BCUT2D eigenvalue weighted by atomic mass is 16.5. The van der Waals surface area contributed by atoms with E-state index >= 15 is 0 Å². The molecule has 0 aliphatic heterocycles. The minimum absolute atomic E-state index is 0.0501. The number of ether oxygens (including phenoxy) is 1. The predicted octanol–water partition coefficient (Wildman–Crippen LogP) is 3.40. The van der Waals surface area contributed by atoms with Gasteiger partial charge in [-0.15, -0.1) is 0 Å². The van der Waals surface area contributed by atoms with Crippen LogP contribution in [0.3, 0.4) is 0 Å². The smallest absolute Gasteiger partial charge is 0.239 e. The van der Waals surface area contributed by atoms with Crippen LogP contribution in [0.1, 0.15) is 24.4 Å². The fourth-order valence-corrected chi connectivity index (χ4v) is 2.92. The summed E-state index contributed by atoms with van der Waals surface area (Å²) >= 11 is 0. The molecule has 0 aromatic heterocycles. The number of carbonyl (C=O) groups is 1. The Kier molecular flexibility index (Phi) is 5.04. The zero-order valence-electron chi connectivity index (χ0n) is 14.2. The molecular weight excluding hydrogens is 300 g/mol. The average molecular weight is 324 g/mol. The van der Waals surface area contributed by atoms with Crippen LogP contribution in [0.5, 0.6) is 5.75 Å². The van der Waals surface area contributed by atoms with Crippen molar-refractivity contribution in [2.45, 2.75) is 18.9 Å². The molecule has 1 aliphatic rings. The van der Waals surface area contributed by atoms with Crippen molar-refractivity contribution >= 4 is 11.6 Å². The van der Waals surface area contributed by atoms with Crippen molar-refractivity contribution in [2.75, 3.05) is 25.6 Å². The van der Waals surface area contributed by atoms with Gasteiger partial charge in [0.15, 0.2) is 0 Å². The first kappa shape index (κ1) is 16.4. The van der Waals surface area contributed by atoms with Gasteiger partial charge in [0, 0.05) is 12.7 Å². The largest absolute Gasteiger partial charge is 0.497 e. The van der Waals surface area contributed by atoms with Crippen LogP contribution in [-0.4, -0.2) is 26.6 Å². The summed E-state index contributed by atoms with van der Waals surface area (Å²) in [6, 6.07) is 18.0. The maximum atomic E-state index is 12.5. The van der Waals surface area contributed by atoms with Gasteiger partial charge < -0.3 is 15.0 Å². The van der Waals surface area contributed by atoms with E-state index in [4.69, 9.17) is 4.74 Å². The molecule has 1 saturated carbocycles. The zero-order chi connectivity index (χ0) is 16.9. The summed E-state index contributed by atoms with van der Waals surface area (Å²) in [4.78, 5) is 14.5. The Bertz CT molecular complexity index is 666. The molecule has 4 heteroatoms. The van der Waals surface area contributed by atoms with E-state index in [-0.39, 0.29) is 11.9 Å². The lowest BCUT2D eigenvalue weighted by atomic mass is 10.0. The molecule has 1 N–H and O–H groups in total. The second kappa shape index (κ2) is 7.39. The minimum atomic E-state index is 0.0501. The number of hydrogen-bond acceptors (Lipinski definition) is 3. The molecule has 4 nitrogen and oxygen atoms in total. The Morgan fingerprint density at radius 3 is 2.42 bits per heavy atom. The van der Waals surface area contributed by atoms with E-state index in [0.29, 0.717) is 12.5 Å². The minimum Gasteiger partial charge on any atom is -0.497 e. The third-order valence-electron chi connectivity index (χ3n) is 4.46. The summed E-state index contributed by atoms with van der Waals surface area (Å²) in [5.74, 6) is 1.43. The van der Waals surface area contributed by atoms with Gasteiger partial charge in [-0.25, -0.2) is 0 Å². The van der Waals surface area contributed by atoms with Crippen LogP contribution in [-0.2, 0) is 4.79 Å². The molecule has 1 unspecified atom stereocenters. The van der Waals surface area contributed by atoms with E-state index in [9.17, 15) is 4.79 Å². The van der Waals surface area contributed by atoms with Crippen molar-refractivity contribution in [3.63, 3.8) is 0 Å². The van der Waals surface area contributed by atoms with Gasteiger partial charge in [0.1, 0.15) is 5.75 Å². The molecule has 24 heavy (non-hydrogen) atoms. The number of anilines is 1. The summed E-state index contributed by atoms with van der Waals surface area (Å²) < 4.78 is 5.21. The third-order valence-corrected chi connectivity index (χ3v) is 4.46. The Morgan fingerprint density at radius 1 is 1.17 bits per heavy atom. The molecule has 1 amide bonds. The molecule has 2 aromatic rings. The topological polar surface area (TPSA) is 41.6 Å². The molecule has 3 rings (SSSR count). The van der Waals surface area contributed by atoms with Crippen LogP contribution in [0.25, 0.3) is 0 Å². The van der Waals surface area contributed by atoms with Gasteiger partial charge >= 0.3 is 0 Å². The normalized spacial score (nSPS) is 14.8. The van der Waals surface area contributed by atoms with Gasteiger partial charge in [-0.3, -0.25) is 4.79 Å². The van der Waals surface area contributed by atoms with Crippen molar-refractivity contribution in [3.8, 4) is 5.75 Å². The van der Waals surface area contributed by atoms with E-state index in [2.05, 4.69) is 5.32 Å². The molecule has 0 heterocycles. The number of para-hydroxylation sites is 1. The monoisotopic (exact) mass is 324 g/mol. The summed E-state index contributed by atoms with van der Waals surface area (Å²) in [5, 5.41) is 3.21. The van der Waals surface area contributed by atoms with Crippen molar-refractivity contribution in [1.29, 1.82) is 0 Å². The molecule has 2 aromatic carbocycles. The summed E-state index contributed by atoms with van der Waals surface area (Å²) in [5.41, 5.74) is 2.19. The molecule has 0 spiro atoms. The van der Waals surface area contributed by atoms with E-state index in [1.807, 2.05) is 66.5 Å². The summed E-state index contributed by atoms with van der Waals surface area (Å²) in [6.45, 7) is 0.351. The lowest BCUT2D eigenvalue weighted by molar-refractivity contribution is -0.120. The first-order chi connectivity index (χ1) is 11.7. The van der Waals surface area contributed by atoms with Crippen molar-refractivity contribution in [3.05, 3.63) is 60.2 Å². The van der Waals surface area contributed by atoms with Gasteiger partial charge in [0.25, 0.3) is 0 Å². The standard InChI is InChI=1S/C20H24N2O2/c1-22(17-6-4-3-5-7-17)14-19(23)21-20(15-8-9-15)16-10-12-18(24-2)13-11-16/h3-7,10-13,15,20H,8-9,14H2,1-2H3,(H,21,23). The molecule has 1 atom stereocenters. The molecule has 0 bridgehead atoms. The van der Waals surface area contributed by atoms with Crippen LogP contribution in [0, 0.1) is 5.92 Å². The van der Waals surface area contributed by atoms with E-state index in [1.165, 1.54) is 12.8 Å². The second-order valence-corrected chi connectivity index (χ2v) is 6.35. The zero-order valence-corrected chi connectivity index (χ0v) is 14.2. The van der Waals surface area contributed by atoms with E-state index < -0.39 is 0 Å². The van der Waals surface area contributed by atoms with Crippen LogP contribution >= 0.6 is 0 Å². The first-order valence-electron chi connectivity index (χ1n) is 8.37. The Labute approximate surface area is 143 Å². The molecule has 0 saturated heterocycles. The number of likely N-dealkylation sites (N-methyl/N-ethyl adjacent to an activating group) is 1. The van der Waals surface area contributed by atoms with Crippen LogP contribution < -0.4 is 15.0 Å². The maximum absolute atomic E-state index is 12.5. The fourth-order valence-electron chi connectivity index (χ4n) is 2.92. The first-order valence-corrected chi connectivity index (χ1v) is 8.37. The lowest BCUT2D eigenvalue weighted by Gasteiger charge is -2.23. The summed E-state index contributed by atoms with van der Waals surface area (Å²) in [7, 11) is 3.60. The fraction of sp³-hybridized carbons (Fsp3) is 0.350. The Balaban J connectivity index is 1.63. The number of nitrogens with one attached hydrogen (secondary N) is 1. The molecule has 0 radical (unpaired) electrons. The Morgan fingerprint density at radius 2 is 1.83 bits per heavy atom. The van der Waals surface area contributed by atoms with E-state index in [1.54, 1.807) is 7.11 Å². The Hall–Kier alpha value is -2.49. The van der Waals surface area contributed by atoms with Gasteiger partial charge in [-0.2, -0.15) is 0 Å². The number of benzene rings is 2. The number of hydrogen-bond donors (Lipinski definition) is 1. The average Bonchev–Trinajstić information content (AvgIpc) is 3.45. The highest BCUT2D eigenvalue weighted by Gasteiger charge is 2.33. The van der Waals surface area contributed by atoms with Crippen molar-refractivity contribution in [2.24, 2.45) is 5.92 Å². The molecule has 126 valence electrons. The number of amides is 1. The van der Waals surface area contributed by atoms with Crippen LogP contribution in [0.2, 0.25) is 0 Å². The van der Waals surface area contributed by atoms with E-state index in [0.717, 1.165) is 17.0 Å². The number of rotatable bonds is 7. The van der Waals surface area contributed by atoms with Crippen LogP contribution in [0.4, 0.5) is 5.69 Å². The summed E-state index contributed by atoms with van der Waals surface area (Å²) in [6.07, 6.45) is 2.34. The molecular formula is C20H24N2O2. The predicted molar refractivity (Wildman–Crippen MR) is 96.3 cm³/mol. The number of nitrogens with zero attached hydrogens (tertiary/aromatic N) is 1. The SMILES string of the molecule is COc1ccc(C(NC(=O)CN(C)c2ccccc2)C2CC2)cc1. The molecule has 1 aliphatic carbocycles. The van der Waals surface area contributed by atoms with Crippen LogP contribution in [0.15, 0.2) is 54.6 Å². The number of methoxy groups -OCH3 is 1. The van der Waals surface area contributed by atoms with Gasteiger partial charge in [0.2, 0.25) is 5.91 Å².